The molecule has 0 N–H and O–H groups in total. The molecule has 0 saturated carbocycles. The van der Waals surface area contributed by atoms with Crippen LogP contribution >= 0.6 is 0 Å². The molecule has 5 nitrogen and oxygen atoms in total. The number of hydrogen-bond acceptors (Lipinski definition) is 5. The van der Waals surface area contributed by atoms with Gasteiger partial charge >= 0.3 is 11.9 Å². The molecule has 0 aromatic carbocycles. The summed E-state index contributed by atoms with van der Waals surface area (Å²) < 4.78 is 10.2. The number of nitrogens with zero attached hydrogens (tertiary/aromatic N) is 1. The van der Waals surface area contributed by atoms with E-state index in [2.05, 4.69) is 24.1 Å². The molecule has 0 fully saturated rings. The maximum Gasteiger partial charge on any atom is 0.339 e. The molecule has 0 unspecified atom stereocenters. The molecule has 5 heteroatoms. The first-order valence-electron chi connectivity index (χ1n) is 12.1. The summed E-state index contributed by atoms with van der Waals surface area (Å²) in [4.78, 5) is 27.3. The van der Waals surface area contributed by atoms with Crippen LogP contribution < -0.4 is 0 Å². The summed E-state index contributed by atoms with van der Waals surface area (Å²) in [5.74, 6) is -0.684. The van der Waals surface area contributed by atoms with Crippen LogP contribution in [-0.4, -0.2) is 30.1 Å². The van der Waals surface area contributed by atoms with Gasteiger partial charge in [0.1, 0.15) is 13.2 Å². The third-order valence-corrected chi connectivity index (χ3v) is 5.12. The molecular formula is C26H41NO4. The van der Waals surface area contributed by atoms with Gasteiger partial charge < -0.3 is 9.47 Å². The topological polar surface area (TPSA) is 65.5 Å². The monoisotopic (exact) mass is 431 g/mol. The van der Waals surface area contributed by atoms with Gasteiger partial charge in [0, 0.05) is 18.8 Å². The van der Waals surface area contributed by atoms with Crippen molar-refractivity contribution in [2.45, 2.75) is 96.8 Å². The zero-order valence-electron chi connectivity index (χ0n) is 19.4. The number of unbranched alkanes of at least 4 members (excludes halogenated alkanes) is 11. The van der Waals surface area contributed by atoms with Gasteiger partial charge in [-0.15, -0.1) is 0 Å². The lowest BCUT2D eigenvalue weighted by Crippen LogP contribution is -2.14. The van der Waals surface area contributed by atoms with E-state index in [1.807, 2.05) is 0 Å². The number of hydrogen-bond donors (Lipinski definition) is 0. The molecule has 0 radical (unpaired) electrons. The van der Waals surface area contributed by atoms with E-state index >= 15 is 0 Å². The van der Waals surface area contributed by atoms with Crippen LogP contribution in [0.1, 0.15) is 107 Å². The zero-order valence-corrected chi connectivity index (χ0v) is 19.4. The molecule has 1 heterocycles. The van der Waals surface area contributed by atoms with Crippen molar-refractivity contribution in [3.8, 4) is 0 Å². The average molecular weight is 432 g/mol. The quantitative estimate of drug-likeness (QED) is 0.137. The molecule has 0 atom stereocenters. The van der Waals surface area contributed by atoms with Crippen molar-refractivity contribution in [1.82, 2.24) is 4.98 Å². The number of carbonyl (C=O) groups is 2. The van der Waals surface area contributed by atoms with Gasteiger partial charge in [-0.2, -0.15) is 0 Å². The van der Waals surface area contributed by atoms with E-state index in [1.54, 1.807) is 18.3 Å². The van der Waals surface area contributed by atoms with E-state index in [0.29, 0.717) is 12.0 Å². The van der Waals surface area contributed by atoms with Crippen LogP contribution in [0.5, 0.6) is 0 Å². The Morgan fingerprint density at radius 2 is 1.45 bits per heavy atom. The van der Waals surface area contributed by atoms with Gasteiger partial charge in [0.2, 0.25) is 0 Å². The first-order valence-corrected chi connectivity index (χ1v) is 12.1. The highest BCUT2D eigenvalue weighted by Gasteiger charge is 2.07. The minimum atomic E-state index is -0.457. The number of rotatable bonds is 19. The average Bonchev–Trinajstić information content (AvgIpc) is 2.79. The van der Waals surface area contributed by atoms with Gasteiger partial charge in [0.25, 0.3) is 0 Å². The van der Waals surface area contributed by atoms with Crippen LogP contribution in [0.3, 0.4) is 0 Å². The number of allylic oxidation sites excluding steroid dienone is 2. The molecule has 1 aromatic rings. The fourth-order valence-electron chi connectivity index (χ4n) is 3.27. The fourth-order valence-corrected chi connectivity index (χ4v) is 3.27. The number of carbonyl (C=O) groups excluding carboxylic acids is 2. The number of aromatic nitrogens is 1. The highest BCUT2D eigenvalue weighted by molar-refractivity contribution is 5.88. The molecule has 0 saturated heterocycles. The Bertz CT molecular complexity index is 601. The standard InChI is InChI=1S/C26H41NO4/c1-2-3-4-5-6-7-8-9-10-11-12-13-14-15-16-19-25(28)30-21-22-31-26(29)24-18-17-20-27-23-24/h9-10,17-18,20,23H,2-8,11-16,19,21-22H2,1H3/b10-9-. The first-order chi connectivity index (χ1) is 15.2. The summed E-state index contributed by atoms with van der Waals surface area (Å²) >= 11 is 0. The van der Waals surface area contributed by atoms with Crippen molar-refractivity contribution in [1.29, 1.82) is 0 Å². The summed E-state index contributed by atoms with van der Waals surface area (Å²) in [7, 11) is 0. The molecule has 174 valence electrons. The Morgan fingerprint density at radius 1 is 0.839 bits per heavy atom. The Balaban J connectivity index is 1.84. The molecule has 1 aromatic heterocycles. The number of pyridine rings is 1. The summed E-state index contributed by atoms with van der Waals surface area (Å²) in [5.41, 5.74) is 0.391. The van der Waals surface area contributed by atoms with Crippen molar-refractivity contribution in [2.75, 3.05) is 13.2 Å². The van der Waals surface area contributed by atoms with E-state index in [9.17, 15) is 9.59 Å². The molecule has 0 amide bonds. The fraction of sp³-hybridized carbons (Fsp3) is 0.654. The van der Waals surface area contributed by atoms with Crippen LogP contribution in [0.2, 0.25) is 0 Å². The van der Waals surface area contributed by atoms with Crippen LogP contribution in [0.15, 0.2) is 36.7 Å². The molecule has 0 aliphatic carbocycles. The second kappa shape index (κ2) is 19.8. The van der Waals surface area contributed by atoms with E-state index in [-0.39, 0.29) is 19.2 Å². The van der Waals surface area contributed by atoms with Gasteiger partial charge in [-0.1, -0.05) is 70.4 Å². The number of ether oxygens (including phenoxy) is 2. The van der Waals surface area contributed by atoms with Crippen molar-refractivity contribution >= 4 is 11.9 Å². The second-order valence-corrected chi connectivity index (χ2v) is 7.93. The predicted octanol–water partition coefficient (Wildman–Crippen LogP) is 6.82. The summed E-state index contributed by atoms with van der Waals surface area (Å²) in [6, 6.07) is 3.30. The van der Waals surface area contributed by atoms with Gasteiger partial charge in [0.05, 0.1) is 5.56 Å². The maximum absolute atomic E-state index is 11.7. The molecule has 0 aliphatic heterocycles. The van der Waals surface area contributed by atoms with Gasteiger partial charge in [0.15, 0.2) is 0 Å². The minimum absolute atomic E-state index is 0.0614. The van der Waals surface area contributed by atoms with Crippen molar-refractivity contribution < 1.29 is 19.1 Å². The van der Waals surface area contributed by atoms with E-state index in [4.69, 9.17) is 9.47 Å². The lowest BCUT2D eigenvalue weighted by Gasteiger charge is -2.06. The van der Waals surface area contributed by atoms with E-state index in [1.165, 1.54) is 64.0 Å². The molecular weight excluding hydrogens is 390 g/mol. The van der Waals surface area contributed by atoms with Gasteiger partial charge in [-0.25, -0.2) is 4.79 Å². The lowest BCUT2D eigenvalue weighted by atomic mass is 10.1. The summed E-state index contributed by atoms with van der Waals surface area (Å²) in [6.07, 6.45) is 24.1. The van der Waals surface area contributed by atoms with Crippen LogP contribution in [-0.2, 0) is 14.3 Å². The molecule has 31 heavy (non-hydrogen) atoms. The minimum Gasteiger partial charge on any atom is -0.462 e. The molecule has 0 bridgehead atoms. The maximum atomic E-state index is 11.7. The molecule has 0 spiro atoms. The lowest BCUT2D eigenvalue weighted by molar-refractivity contribution is -0.144. The second-order valence-electron chi connectivity index (χ2n) is 7.93. The van der Waals surface area contributed by atoms with Gasteiger partial charge in [-0.05, 0) is 44.2 Å². The third-order valence-electron chi connectivity index (χ3n) is 5.12. The Morgan fingerprint density at radius 3 is 2.10 bits per heavy atom. The molecule has 0 aliphatic rings. The zero-order chi connectivity index (χ0) is 22.4. The van der Waals surface area contributed by atoms with Crippen molar-refractivity contribution in [3.63, 3.8) is 0 Å². The predicted molar refractivity (Wildman–Crippen MR) is 125 cm³/mol. The normalized spacial score (nSPS) is 11.0. The van der Waals surface area contributed by atoms with Crippen molar-refractivity contribution in [3.05, 3.63) is 42.2 Å². The highest BCUT2D eigenvalue weighted by Crippen LogP contribution is 2.10. The summed E-state index contributed by atoms with van der Waals surface area (Å²) in [5, 5.41) is 0. The van der Waals surface area contributed by atoms with Crippen LogP contribution in [0.4, 0.5) is 0 Å². The third kappa shape index (κ3) is 16.2. The Labute approximate surface area is 188 Å². The molecule has 1 rings (SSSR count). The van der Waals surface area contributed by atoms with E-state index in [0.717, 1.165) is 25.7 Å². The SMILES string of the molecule is CCCCCCCC/C=C\CCCCCCCC(=O)OCCOC(=O)c1cccnc1. The van der Waals surface area contributed by atoms with Gasteiger partial charge in [-0.3, -0.25) is 9.78 Å². The van der Waals surface area contributed by atoms with Crippen molar-refractivity contribution in [2.24, 2.45) is 0 Å². The smallest absolute Gasteiger partial charge is 0.339 e. The Kier molecular flexibility index (Phi) is 17.1. The largest absolute Gasteiger partial charge is 0.462 e. The van der Waals surface area contributed by atoms with E-state index < -0.39 is 5.97 Å². The number of esters is 2. The van der Waals surface area contributed by atoms with Crippen LogP contribution in [0, 0.1) is 0 Å². The first kappa shape index (κ1) is 26.9. The highest BCUT2D eigenvalue weighted by atomic mass is 16.6. The van der Waals surface area contributed by atoms with Crippen LogP contribution in [0.25, 0.3) is 0 Å². The Hall–Kier alpha value is -2.17. The summed E-state index contributed by atoms with van der Waals surface area (Å²) in [6.45, 7) is 2.41.